The van der Waals surface area contributed by atoms with Gasteiger partial charge in [-0.05, 0) is 57.0 Å². The van der Waals surface area contributed by atoms with E-state index in [9.17, 15) is 15.0 Å². The first-order valence-electron chi connectivity index (χ1n) is 15.9. The second-order valence-electron chi connectivity index (χ2n) is 12.0. The molecule has 12 nitrogen and oxygen atoms in total. The number of carbonyl (C=O) groups is 1. The summed E-state index contributed by atoms with van der Waals surface area (Å²) in [6, 6.07) is 11.7. The van der Waals surface area contributed by atoms with Crippen LogP contribution in [0.15, 0.2) is 42.7 Å². The first-order valence-corrected chi connectivity index (χ1v) is 15.9. The molecule has 0 saturated carbocycles. The number of aliphatic hydroxyl groups excluding tert-OH is 2. The SMILES string of the molecule is COc1cc2c(N3CCN(CNc4ccc(OC(C)C)cc4)CC3)ncnc2cc1OCC(O)CC(O)CC(=O)N1CCCC1. The largest absolute Gasteiger partial charge is 0.493 e. The van der Waals surface area contributed by atoms with E-state index in [2.05, 4.69) is 25.1 Å². The number of hydrogen-bond acceptors (Lipinski definition) is 11. The van der Waals surface area contributed by atoms with E-state index in [1.807, 2.05) is 44.2 Å². The fraction of sp³-hybridized carbons (Fsp3) is 0.545. The first-order chi connectivity index (χ1) is 21.8. The number of aliphatic hydroxyl groups is 2. The van der Waals surface area contributed by atoms with Crippen LogP contribution in [0.1, 0.15) is 39.5 Å². The molecule has 2 atom stereocenters. The minimum Gasteiger partial charge on any atom is -0.493 e. The van der Waals surface area contributed by atoms with E-state index in [-0.39, 0.29) is 31.5 Å². The van der Waals surface area contributed by atoms with E-state index in [1.54, 1.807) is 24.4 Å². The molecule has 3 N–H and O–H groups in total. The Labute approximate surface area is 264 Å². The number of nitrogens with zero attached hydrogens (tertiary/aromatic N) is 5. The maximum absolute atomic E-state index is 12.3. The van der Waals surface area contributed by atoms with Crippen LogP contribution in [-0.2, 0) is 4.79 Å². The monoisotopic (exact) mass is 622 g/mol. The summed E-state index contributed by atoms with van der Waals surface area (Å²) in [6.45, 7) is 9.57. The predicted molar refractivity (Wildman–Crippen MR) is 173 cm³/mol. The van der Waals surface area contributed by atoms with Gasteiger partial charge in [0.1, 0.15) is 24.5 Å². The van der Waals surface area contributed by atoms with Gasteiger partial charge in [0.05, 0.1) is 44.0 Å². The van der Waals surface area contributed by atoms with Crippen molar-refractivity contribution in [2.45, 2.75) is 57.8 Å². The zero-order valence-electron chi connectivity index (χ0n) is 26.5. The smallest absolute Gasteiger partial charge is 0.225 e. The number of nitrogens with one attached hydrogen (secondary N) is 1. The molecule has 45 heavy (non-hydrogen) atoms. The summed E-state index contributed by atoms with van der Waals surface area (Å²) in [5.74, 6) is 2.58. The van der Waals surface area contributed by atoms with Crippen molar-refractivity contribution in [2.24, 2.45) is 0 Å². The van der Waals surface area contributed by atoms with Crippen molar-refractivity contribution in [3.8, 4) is 17.2 Å². The number of hydrogen-bond donors (Lipinski definition) is 3. The molecular formula is C33H46N6O6. The third kappa shape index (κ3) is 8.86. The highest BCUT2D eigenvalue weighted by atomic mass is 16.5. The van der Waals surface area contributed by atoms with Crippen molar-refractivity contribution < 1.29 is 29.2 Å². The lowest BCUT2D eigenvalue weighted by Gasteiger charge is -2.36. The van der Waals surface area contributed by atoms with Crippen molar-refractivity contribution in [3.05, 3.63) is 42.7 Å². The summed E-state index contributed by atoms with van der Waals surface area (Å²) < 4.78 is 17.3. The van der Waals surface area contributed by atoms with Gasteiger partial charge >= 0.3 is 0 Å². The minimum atomic E-state index is -0.947. The molecule has 0 spiro atoms. The standard InChI is InChI=1S/C33H46N6O6/c1-23(2)45-27-8-6-24(7-9-27)36-22-37-12-14-39(15-13-37)33-28-18-30(43-3)31(19-29(28)34-21-35-33)44-20-26(41)16-25(40)17-32(42)38-10-4-5-11-38/h6-9,18-19,21,23,25-26,36,40-41H,4-5,10-17,20,22H2,1-3H3. The molecule has 2 unspecified atom stereocenters. The van der Waals surface area contributed by atoms with E-state index in [4.69, 9.17) is 14.2 Å². The number of amides is 1. The van der Waals surface area contributed by atoms with Gasteiger partial charge in [0.2, 0.25) is 5.91 Å². The summed E-state index contributed by atoms with van der Waals surface area (Å²) >= 11 is 0. The molecule has 0 radical (unpaired) electrons. The van der Waals surface area contributed by atoms with Gasteiger partial charge in [-0.1, -0.05) is 0 Å². The summed E-state index contributed by atoms with van der Waals surface area (Å²) in [4.78, 5) is 27.8. The Morgan fingerprint density at radius 2 is 1.69 bits per heavy atom. The maximum atomic E-state index is 12.3. The summed E-state index contributed by atoms with van der Waals surface area (Å²) in [6.07, 6.45) is 1.87. The van der Waals surface area contributed by atoms with Crippen LogP contribution in [0.3, 0.4) is 0 Å². The van der Waals surface area contributed by atoms with E-state index >= 15 is 0 Å². The molecule has 1 aromatic heterocycles. The molecule has 2 aromatic carbocycles. The van der Waals surface area contributed by atoms with Gasteiger partial charge in [-0.15, -0.1) is 0 Å². The lowest BCUT2D eigenvalue weighted by molar-refractivity contribution is -0.132. The Morgan fingerprint density at radius 3 is 2.38 bits per heavy atom. The van der Waals surface area contributed by atoms with Gasteiger partial charge in [-0.2, -0.15) is 0 Å². The van der Waals surface area contributed by atoms with E-state index in [0.717, 1.165) is 81.4 Å². The highest BCUT2D eigenvalue weighted by molar-refractivity contribution is 5.92. The molecular weight excluding hydrogens is 576 g/mol. The number of methoxy groups -OCH3 is 1. The highest BCUT2D eigenvalue weighted by Crippen LogP contribution is 2.35. The Balaban J connectivity index is 1.14. The number of ether oxygens (including phenoxy) is 3. The summed E-state index contributed by atoms with van der Waals surface area (Å²) in [5, 5.41) is 25.2. The van der Waals surface area contributed by atoms with Crippen LogP contribution >= 0.6 is 0 Å². The minimum absolute atomic E-state index is 0.00299. The van der Waals surface area contributed by atoms with Gasteiger partial charge in [0, 0.05) is 62.8 Å². The predicted octanol–water partition coefficient (Wildman–Crippen LogP) is 3.12. The average Bonchev–Trinajstić information content (AvgIpc) is 3.58. The van der Waals surface area contributed by atoms with Crippen molar-refractivity contribution in [1.82, 2.24) is 19.8 Å². The number of likely N-dealkylation sites (tertiary alicyclic amines) is 1. The number of carbonyl (C=O) groups excluding carboxylic acids is 1. The Bertz CT molecular complexity index is 1390. The molecule has 1 amide bonds. The summed E-state index contributed by atoms with van der Waals surface area (Å²) in [5.41, 5.74) is 1.76. The second-order valence-corrected chi connectivity index (χ2v) is 12.0. The lowest BCUT2D eigenvalue weighted by Crippen LogP contribution is -2.48. The molecule has 0 bridgehead atoms. The molecule has 3 aromatic rings. The molecule has 2 saturated heterocycles. The van der Waals surface area contributed by atoms with E-state index in [1.165, 1.54) is 0 Å². The molecule has 3 heterocycles. The molecule has 2 fully saturated rings. The van der Waals surface area contributed by atoms with Crippen LogP contribution < -0.4 is 24.4 Å². The van der Waals surface area contributed by atoms with Crippen molar-refractivity contribution in [1.29, 1.82) is 0 Å². The molecule has 2 aliphatic heterocycles. The number of fused-ring (bicyclic) bond motifs is 1. The van der Waals surface area contributed by atoms with Gasteiger partial charge in [0.15, 0.2) is 11.5 Å². The van der Waals surface area contributed by atoms with Crippen LogP contribution in [0, 0.1) is 0 Å². The number of anilines is 2. The first kappa shape index (κ1) is 32.5. The zero-order valence-corrected chi connectivity index (χ0v) is 26.5. The van der Waals surface area contributed by atoms with Crippen molar-refractivity contribution in [2.75, 3.05) is 69.9 Å². The van der Waals surface area contributed by atoms with Crippen LogP contribution in [0.4, 0.5) is 11.5 Å². The fourth-order valence-electron chi connectivity index (χ4n) is 5.77. The van der Waals surface area contributed by atoms with E-state index in [0.29, 0.717) is 17.0 Å². The third-order valence-electron chi connectivity index (χ3n) is 8.15. The van der Waals surface area contributed by atoms with Crippen molar-refractivity contribution >= 4 is 28.3 Å². The van der Waals surface area contributed by atoms with Gasteiger partial charge in [-0.25, -0.2) is 9.97 Å². The van der Waals surface area contributed by atoms with Gasteiger partial charge < -0.3 is 39.5 Å². The maximum Gasteiger partial charge on any atom is 0.225 e. The van der Waals surface area contributed by atoms with Crippen LogP contribution in [0.25, 0.3) is 10.9 Å². The quantitative estimate of drug-likeness (QED) is 0.245. The van der Waals surface area contributed by atoms with E-state index < -0.39 is 12.2 Å². The van der Waals surface area contributed by atoms with Crippen molar-refractivity contribution in [3.63, 3.8) is 0 Å². The van der Waals surface area contributed by atoms with Crippen LogP contribution in [0.2, 0.25) is 0 Å². The third-order valence-corrected chi connectivity index (χ3v) is 8.15. The molecule has 5 rings (SSSR count). The molecule has 12 heteroatoms. The summed E-state index contributed by atoms with van der Waals surface area (Å²) in [7, 11) is 1.57. The van der Waals surface area contributed by atoms with Crippen LogP contribution in [-0.4, -0.2) is 114 Å². The second kappa shape index (κ2) is 15.4. The van der Waals surface area contributed by atoms with Gasteiger partial charge in [-0.3, -0.25) is 9.69 Å². The molecule has 0 aliphatic carbocycles. The molecule has 2 aliphatic rings. The van der Waals surface area contributed by atoms with Gasteiger partial charge in [0.25, 0.3) is 0 Å². The number of rotatable bonds is 14. The topological polar surface area (TPSA) is 133 Å². The Kier molecular flexibility index (Phi) is 11.1. The zero-order chi connectivity index (χ0) is 31.8. The molecule has 244 valence electrons. The Morgan fingerprint density at radius 1 is 0.956 bits per heavy atom. The average molecular weight is 623 g/mol. The fourth-order valence-corrected chi connectivity index (χ4v) is 5.77. The number of benzene rings is 2. The lowest BCUT2D eigenvalue weighted by atomic mass is 10.1. The normalized spacial score (nSPS) is 17.0. The number of piperazine rings is 1. The Hall–Kier alpha value is -3.87. The van der Waals surface area contributed by atoms with Crippen LogP contribution in [0.5, 0.6) is 17.2 Å². The number of aromatic nitrogens is 2. The highest BCUT2D eigenvalue weighted by Gasteiger charge is 2.24.